The minimum atomic E-state index is -0.441. The first-order valence-corrected chi connectivity index (χ1v) is 6.82. The smallest absolute Gasteiger partial charge is 0.251 e. The van der Waals surface area contributed by atoms with Gasteiger partial charge in [-0.05, 0) is 32.4 Å². The lowest BCUT2D eigenvalue weighted by Crippen LogP contribution is -2.32. The first-order valence-electron chi connectivity index (χ1n) is 6.82. The van der Waals surface area contributed by atoms with E-state index in [0.29, 0.717) is 11.3 Å². The van der Waals surface area contributed by atoms with Crippen LogP contribution in [-0.4, -0.2) is 11.9 Å². The number of anilines is 1. The summed E-state index contributed by atoms with van der Waals surface area (Å²) in [6.07, 6.45) is 4.33. The molecule has 0 heterocycles. The second kappa shape index (κ2) is 7.12. The van der Waals surface area contributed by atoms with E-state index in [-0.39, 0.29) is 17.5 Å². The Hall–Kier alpha value is -1.58. The summed E-state index contributed by atoms with van der Waals surface area (Å²) in [5.41, 5.74) is 6.64. The van der Waals surface area contributed by atoms with Crippen LogP contribution in [0.1, 0.15) is 55.5 Å². The third-order valence-corrected chi connectivity index (χ3v) is 3.26. The van der Waals surface area contributed by atoms with E-state index >= 15 is 0 Å². The maximum Gasteiger partial charge on any atom is 0.251 e. The summed E-state index contributed by atoms with van der Waals surface area (Å²) in [6, 6.07) is 2.84. The number of rotatable bonds is 6. The van der Waals surface area contributed by atoms with Crippen LogP contribution in [0, 0.1) is 12.7 Å². The summed E-state index contributed by atoms with van der Waals surface area (Å²) in [7, 11) is 0. The molecule has 0 aliphatic heterocycles. The maximum atomic E-state index is 13.5. The Morgan fingerprint density at radius 1 is 1.42 bits per heavy atom. The normalized spacial score (nSPS) is 12.2. The number of halogens is 1. The van der Waals surface area contributed by atoms with Gasteiger partial charge in [-0.15, -0.1) is 0 Å². The lowest BCUT2D eigenvalue weighted by Gasteiger charge is -2.14. The molecule has 1 atom stereocenters. The SMILES string of the molecule is CCCCCC(C)NC(=O)c1cc(N)c(C)c(F)c1. The van der Waals surface area contributed by atoms with Crippen LogP contribution >= 0.6 is 0 Å². The Morgan fingerprint density at radius 2 is 2.11 bits per heavy atom. The first-order chi connectivity index (χ1) is 8.95. The number of carbonyl (C=O) groups is 1. The van der Waals surface area contributed by atoms with Gasteiger partial charge in [-0.1, -0.05) is 26.2 Å². The van der Waals surface area contributed by atoms with E-state index in [0.717, 1.165) is 25.7 Å². The lowest BCUT2D eigenvalue weighted by molar-refractivity contribution is 0.0937. The molecule has 0 spiro atoms. The number of carbonyl (C=O) groups excluding carboxylic acids is 1. The highest BCUT2D eigenvalue weighted by atomic mass is 19.1. The molecule has 19 heavy (non-hydrogen) atoms. The van der Waals surface area contributed by atoms with Crippen molar-refractivity contribution in [2.75, 3.05) is 5.73 Å². The largest absolute Gasteiger partial charge is 0.398 e. The van der Waals surface area contributed by atoms with Crippen molar-refractivity contribution in [3.05, 3.63) is 29.1 Å². The minimum Gasteiger partial charge on any atom is -0.398 e. The van der Waals surface area contributed by atoms with Gasteiger partial charge in [0.2, 0.25) is 0 Å². The third kappa shape index (κ3) is 4.54. The van der Waals surface area contributed by atoms with Crippen molar-refractivity contribution in [3.8, 4) is 0 Å². The Bertz CT molecular complexity index is 423. The summed E-state index contributed by atoms with van der Waals surface area (Å²) in [4.78, 5) is 12.0. The van der Waals surface area contributed by atoms with Crippen LogP contribution in [0.15, 0.2) is 12.1 Å². The van der Waals surface area contributed by atoms with Crippen molar-refractivity contribution in [3.63, 3.8) is 0 Å². The average molecular weight is 266 g/mol. The molecular weight excluding hydrogens is 243 g/mol. The molecule has 1 aromatic rings. The number of amides is 1. The van der Waals surface area contributed by atoms with Crippen LogP contribution < -0.4 is 11.1 Å². The summed E-state index contributed by atoms with van der Waals surface area (Å²) >= 11 is 0. The first kappa shape index (κ1) is 15.5. The summed E-state index contributed by atoms with van der Waals surface area (Å²) in [5, 5.41) is 2.87. The van der Waals surface area contributed by atoms with Crippen molar-refractivity contribution in [2.45, 2.75) is 52.5 Å². The molecular formula is C15H23FN2O. The van der Waals surface area contributed by atoms with Crippen LogP contribution in [0.2, 0.25) is 0 Å². The number of nitrogens with two attached hydrogens (primary N) is 1. The fourth-order valence-electron chi connectivity index (χ4n) is 1.91. The Labute approximate surface area is 114 Å². The molecule has 0 saturated carbocycles. The molecule has 3 nitrogen and oxygen atoms in total. The Morgan fingerprint density at radius 3 is 2.68 bits per heavy atom. The second-order valence-electron chi connectivity index (χ2n) is 5.04. The van der Waals surface area contributed by atoms with Crippen LogP contribution in [-0.2, 0) is 0 Å². The number of nitrogens with one attached hydrogen (secondary N) is 1. The highest BCUT2D eigenvalue weighted by molar-refractivity contribution is 5.95. The predicted molar refractivity (Wildman–Crippen MR) is 76.6 cm³/mol. The molecule has 3 N–H and O–H groups in total. The van der Waals surface area contributed by atoms with Gasteiger partial charge in [-0.3, -0.25) is 4.79 Å². The highest BCUT2D eigenvalue weighted by Crippen LogP contribution is 2.17. The van der Waals surface area contributed by atoms with Crippen LogP contribution in [0.25, 0.3) is 0 Å². The van der Waals surface area contributed by atoms with Gasteiger partial charge in [0.25, 0.3) is 5.91 Å². The highest BCUT2D eigenvalue weighted by Gasteiger charge is 2.13. The van der Waals surface area contributed by atoms with Gasteiger partial charge in [0.05, 0.1) is 0 Å². The van der Waals surface area contributed by atoms with Gasteiger partial charge in [0, 0.05) is 22.9 Å². The fraction of sp³-hybridized carbons (Fsp3) is 0.533. The molecule has 1 rings (SSSR count). The topological polar surface area (TPSA) is 55.1 Å². The van der Waals surface area contributed by atoms with Gasteiger partial charge in [0.15, 0.2) is 0 Å². The van der Waals surface area contributed by atoms with Crippen LogP contribution in [0.5, 0.6) is 0 Å². The zero-order valence-electron chi connectivity index (χ0n) is 11.9. The fourth-order valence-corrected chi connectivity index (χ4v) is 1.91. The average Bonchev–Trinajstić information content (AvgIpc) is 2.35. The molecule has 0 fully saturated rings. The molecule has 1 amide bonds. The zero-order chi connectivity index (χ0) is 14.4. The summed E-state index contributed by atoms with van der Waals surface area (Å²) in [5.74, 6) is -0.710. The quantitative estimate of drug-likeness (QED) is 0.612. The molecule has 4 heteroatoms. The molecule has 1 unspecified atom stereocenters. The molecule has 0 saturated heterocycles. The van der Waals surface area contributed by atoms with E-state index in [9.17, 15) is 9.18 Å². The number of nitrogen functional groups attached to an aromatic ring is 1. The number of benzene rings is 1. The van der Waals surface area contributed by atoms with E-state index in [4.69, 9.17) is 5.73 Å². The van der Waals surface area contributed by atoms with Crippen molar-refractivity contribution in [1.82, 2.24) is 5.32 Å². The monoisotopic (exact) mass is 266 g/mol. The van der Waals surface area contributed by atoms with Crippen molar-refractivity contribution < 1.29 is 9.18 Å². The van der Waals surface area contributed by atoms with E-state index in [2.05, 4.69) is 12.2 Å². The van der Waals surface area contributed by atoms with E-state index in [1.165, 1.54) is 12.1 Å². The van der Waals surface area contributed by atoms with Crippen molar-refractivity contribution in [1.29, 1.82) is 0 Å². The zero-order valence-corrected chi connectivity index (χ0v) is 11.9. The lowest BCUT2D eigenvalue weighted by atomic mass is 10.1. The predicted octanol–water partition coefficient (Wildman–Crippen LogP) is 3.41. The van der Waals surface area contributed by atoms with Crippen molar-refractivity contribution >= 4 is 11.6 Å². The summed E-state index contributed by atoms with van der Waals surface area (Å²) in [6.45, 7) is 5.70. The molecule has 0 aromatic heterocycles. The van der Waals surface area contributed by atoms with Gasteiger partial charge in [-0.25, -0.2) is 4.39 Å². The maximum absolute atomic E-state index is 13.5. The molecule has 0 aliphatic carbocycles. The van der Waals surface area contributed by atoms with Crippen LogP contribution in [0.3, 0.4) is 0 Å². The Balaban J connectivity index is 2.63. The molecule has 0 aliphatic rings. The van der Waals surface area contributed by atoms with E-state index in [1.54, 1.807) is 6.92 Å². The minimum absolute atomic E-state index is 0.0876. The molecule has 0 radical (unpaired) electrons. The molecule has 1 aromatic carbocycles. The van der Waals surface area contributed by atoms with E-state index in [1.807, 2.05) is 6.92 Å². The number of hydrogen-bond acceptors (Lipinski definition) is 2. The van der Waals surface area contributed by atoms with Crippen molar-refractivity contribution in [2.24, 2.45) is 0 Å². The number of hydrogen-bond donors (Lipinski definition) is 2. The van der Waals surface area contributed by atoms with Gasteiger partial charge < -0.3 is 11.1 Å². The Kier molecular flexibility index (Phi) is 5.80. The second-order valence-corrected chi connectivity index (χ2v) is 5.04. The summed E-state index contributed by atoms with van der Waals surface area (Å²) < 4.78 is 13.5. The standard InChI is InChI=1S/C15H23FN2O/c1-4-5-6-7-10(2)18-15(19)12-8-13(16)11(3)14(17)9-12/h8-10H,4-7,17H2,1-3H3,(H,18,19). The van der Waals surface area contributed by atoms with Crippen LogP contribution in [0.4, 0.5) is 10.1 Å². The molecule has 0 bridgehead atoms. The van der Waals surface area contributed by atoms with Gasteiger partial charge in [0.1, 0.15) is 5.82 Å². The number of unbranched alkanes of at least 4 members (excludes halogenated alkanes) is 2. The van der Waals surface area contributed by atoms with Gasteiger partial charge in [-0.2, -0.15) is 0 Å². The van der Waals surface area contributed by atoms with Gasteiger partial charge >= 0.3 is 0 Å². The van der Waals surface area contributed by atoms with E-state index < -0.39 is 5.82 Å². The molecule has 106 valence electrons. The third-order valence-electron chi connectivity index (χ3n) is 3.26.